The third-order valence-electron chi connectivity index (χ3n) is 2.43. The van der Waals surface area contributed by atoms with Crippen LogP contribution >= 0.6 is 0 Å². The molecular weight excluding hydrogens is 198 g/mol. The number of nitrogens with one attached hydrogen (secondary N) is 1. The largest absolute Gasteiger partial charge is 0.409 e. The van der Waals surface area contributed by atoms with Crippen molar-refractivity contribution < 1.29 is 14.7 Å². The van der Waals surface area contributed by atoms with Gasteiger partial charge in [0.25, 0.3) is 0 Å². The van der Waals surface area contributed by atoms with Crippen molar-refractivity contribution in [1.82, 2.24) is 5.32 Å². The summed E-state index contributed by atoms with van der Waals surface area (Å²) >= 11 is 0. The summed E-state index contributed by atoms with van der Waals surface area (Å²) in [4.78, 5) is 11.3. The molecule has 0 aromatic carbocycles. The van der Waals surface area contributed by atoms with Gasteiger partial charge in [0.05, 0.1) is 12.0 Å². The molecule has 0 aliphatic carbocycles. The fourth-order valence-electron chi connectivity index (χ4n) is 1.52. The number of rotatable bonds is 4. The van der Waals surface area contributed by atoms with Crippen LogP contribution in [0.5, 0.6) is 0 Å². The van der Waals surface area contributed by atoms with Crippen molar-refractivity contribution in [3.05, 3.63) is 0 Å². The quantitative estimate of drug-likeness (QED) is 0.262. The lowest BCUT2D eigenvalue weighted by molar-refractivity contribution is -0.121. The Labute approximate surface area is 88.5 Å². The van der Waals surface area contributed by atoms with Gasteiger partial charge in [-0.3, -0.25) is 4.79 Å². The highest BCUT2D eigenvalue weighted by molar-refractivity contribution is 5.98. The van der Waals surface area contributed by atoms with Gasteiger partial charge in [-0.25, -0.2) is 0 Å². The van der Waals surface area contributed by atoms with Crippen molar-refractivity contribution in [1.29, 1.82) is 0 Å². The highest BCUT2D eigenvalue weighted by atomic mass is 16.5. The fourth-order valence-corrected chi connectivity index (χ4v) is 1.52. The number of ether oxygens (including phenoxy) is 1. The Morgan fingerprint density at radius 2 is 2.47 bits per heavy atom. The first-order valence-electron chi connectivity index (χ1n) is 4.93. The Balaban J connectivity index is 2.27. The van der Waals surface area contributed by atoms with Crippen molar-refractivity contribution in [2.45, 2.75) is 31.8 Å². The minimum Gasteiger partial charge on any atom is -0.409 e. The zero-order valence-electron chi connectivity index (χ0n) is 8.82. The van der Waals surface area contributed by atoms with Crippen molar-refractivity contribution in [3.8, 4) is 0 Å². The number of amides is 1. The molecule has 1 aliphatic heterocycles. The highest BCUT2D eigenvalue weighted by Crippen LogP contribution is 2.23. The van der Waals surface area contributed by atoms with Gasteiger partial charge >= 0.3 is 0 Å². The van der Waals surface area contributed by atoms with Gasteiger partial charge in [-0.05, 0) is 19.8 Å². The predicted molar refractivity (Wildman–Crippen MR) is 54.6 cm³/mol. The summed E-state index contributed by atoms with van der Waals surface area (Å²) < 4.78 is 5.50. The summed E-state index contributed by atoms with van der Waals surface area (Å²) in [6, 6.07) is 0. The van der Waals surface area contributed by atoms with Crippen molar-refractivity contribution in [3.63, 3.8) is 0 Å². The van der Waals surface area contributed by atoms with E-state index in [1.54, 1.807) is 0 Å². The Hall–Kier alpha value is -1.30. The maximum absolute atomic E-state index is 11.3. The molecule has 1 fully saturated rings. The maximum atomic E-state index is 11.3. The Kier molecular flexibility index (Phi) is 3.90. The molecule has 0 spiro atoms. The van der Waals surface area contributed by atoms with E-state index in [1.165, 1.54) is 0 Å². The minimum absolute atomic E-state index is 0.0907. The molecule has 6 nitrogen and oxygen atoms in total. The molecule has 1 atom stereocenters. The minimum atomic E-state index is -0.263. The zero-order chi connectivity index (χ0) is 11.3. The lowest BCUT2D eigenvalue weighted by atomic mass is 10.0. The first-order valence-corrected chi connectivity index (χ1v) is 4.93. The maximum Gasteiger partial charge on any atom is 0.227 e. The molecule has 1 aliphatic rings. The summed E-state index contributed by atoms with van der Waals surface area (Å²) in [7, 11) is 0. The van der Waals surface area contributed by atoms with Crippen LogP contribution in [0, 0.1) is 0 Å². The third-order valence-corrected chi connectivity index (χ3v) is 2.43. The second-order valence-corrected chi connectivity index (χ2v) is 3.95. The third kappa shape index (κ3) is 3.75. The van der Waals surface area contributed by atoms with Crippen LogP contribution in [0.3, 0.4) is 0 Å². The molecule has 15 heavy (non-hydrogen) atoms. The molecule has 0 saturated carbocycles. The molecule has 0 aromatic rings. The van der Waals surface area contributed by atoms with Crippen LogP contribution in [0.15, 0.2) is 5.16 Å². The van der Waals surface area contributed by atoms with E-state index in [0.717, 1.165) is 19.4 Å². The Bertz CT molecular complexity index is 259. The van der Waals surface area contributed by atoms with E-state index in [-0.39, 0.29) is 23.8 Å². The predicted octanol–water partition coefficient (Wildman–Crippen LogP) is -0.192. The van der Waals surface area contributed by atoms with Gasteiger partial charge < -0.3 is 21.0 Å². The molecule has 1 amide bonds. The van der Waals surface area contributed by atoms with E-state index in [0.29, 0.717) is 6.54 Å². The van der Waals surface area contributed by atoms with Crippen molar-refractivity contribution in [2.75, 3.05) is 13.2 Å². The Morgan fingerprint density at radius 1 is 1.73 bits per heavy atom. The molecule has 6 heteroatoms. The molecular formula is C9H17N3O3. The number of hydrogen-bond acceptors (Lipinski definition) is 4. The van der Waals surface area contributed by atoms with Gasteiger partial charge in [-0.15, -0.1) is 0 Å². The van der Waals surface area contributed by atoms with Gasteiger partial charge in [0, 0.05) is 13.2 Å². The first kappa shape index (κ1) is 11.8. The van der Waals surface area contributed by atoms with E-state index in [9.17, 15) is 4.79 Å². The lowest BCUT2D eigenvalue weighted by Gasteiger charge is -2.23. The molecule has 1 saturated heterocycles. The lowest BCUT2D eigenvalue weighted by Crippen LogP contribution is -2.41. The number of carbonyl (C=O) groups excluding carboxylic acids is 1. The van der Waals surface area contributed by atoms with Crippen LogP contribution in [-0.2, 0) is 9.53 Å². The smallest absolute Gasteiger partial charge is 0.227 e. The van der Waals surface area contributed by atoms with Crippen molar-refractivity contribution in [2.24, 2.45) is 10.9 Å². The number of oxime groups is 1. The molecule has 86 valence electrons. The van der Waals surface area contributed by atoms with Crippen LogP contribution < -0.4 is 11.1 Å². The second kappa shape index (κ2) is 4.97. The molecule has 0 radical (unpaired) electrons. The van der Waals surface area contributed by atoms with Crippen molar-refractivity contribution >= 4 is 11.7 Å². The van der Waals surface area contributed by atoms with Crippen LogP contribution in [-0.4, -0.2) is 35.7 Å². The van der Waals surface area contributed by atoms with Crippen LogP contribution in [0.25, 0.3) is 0 Å². The number of carbonyl (C=O) groups is 1. The fraction of sp³-hybridized carbons (Fsp3) is 0.778. The van der Waals surface area contributed by atoms with E-state index >= 15 is 0 Å². The van der Waals surface area contributed by atoms with Crippen LogP contribution in [0.2, 0.25) is 0 Å². The summed E-state index contributed by atoms with van der Waals surface area (Å²) in [6.07, 6.45) is 1.87. The SMILES string of the molecule is CC1(CNC(=O)CC(N)=NO)CCCO1. The van der Waals surface area contributed by atoms with Crippen LogP contribution in [0.1, 0.15) is 26.2 Å². The average molecular weight is 215 g/mol. The molecule has 0 bridgehead atoms. The molecule has 1 unspecified atom stereocenters. The van der Waals surface area contributed by atoms with Gasteiger partial charge in [0.2, 0.25) is 5.91 Å². The second-order valence-electron chi connectivity index (χ2n) is 3.95. The summed E-state index contributed by atoms with van der Waals surface area (Å²) in [6.45, 7) is 3.17. The van der Waals surface area contributed by atoms with E-state index in [1.807, 2.05) is 6.92 Å². The monoisotopic (exact) mass is 215 g/mol. The summed E-state index contributed by atoms with van der Waals surface area (Å²) in [5.74, 6) is -0.355. The molecule has 1 rings (SSSR count). The number of nitrogens with zero attached hydrogens (tertiary/aromatic N) is 1. The first-order chi connectivity index (χ1) is 7.06. The molecule has 1 heterocycles. The Morgan fingerprint density at radius 3 is 3.00 bits per heavy atom. The van der Waals surface area contributed by atoms with Gasteiger partial charge in [-0.1, -0.05) is 5.16 Å². The normalized spacial score (nSPS) is 26.6. The number of nitrogens with two attached hydrogens (primary N) is 1. The van der Waals surface area contributed by atoms with Gasteiger partial charge in [-0.2, -0.15) is 0 Å². The highest BCUT2D eigenvalue weighted by Gasteiger charge is 2.29. The number of hydrogen-bond donors (Lipinski definition) is 3. The average Bonchev–Trinajstić information content (AvgIpc) is 2.63. The van der Waals surface area contributed by atoms with Gasteiger partial charge in [0.1, 0.15) is 5.84 Å². The van der Waals surface area contributed by atoms with E-state index in [4.69, 9.17) is 15.7 Å². The summed E-state index contributed by atoms with van der Waals surface area (Å²) in [5, 5.41) is 13.7. The molecule has 4 N–H and O–H groups in total. The zero-order valence-corrected chi connectivity index (χ0v) is 8.82. The number of amidine groups is 1. The molecule has 0 aromatic heterocycles. The summed E-state index contributed by atoms with van der Waals surface area (Å²) in [5.41, 5.74) is 4.94. The van der Waals surface area contributed by atoms with E-state index in [2.05, 4.69) is 10.5 Å². The van der Waals surface area contributed by atoms with Gasteiger partial charge in [0.15, 0.2) is 0 Å². The van der Waals surface area contributed by atoms with E-state index < -0.39 is 0 Å². The topological polar surface area (TPSA) is 96.9 Å². The van der Waals surface area contributed by atoms with Crippen LogP contribution in [0.4, 0.5) is 0 Å². The standard InChI is InChI=1S/C9H17N3O3/c1-9(3-2-4-15-9)6-11-8(13)5-7(10)12-14/h14H,2-6H2,1H3,(H2,10,12)(H,11,13).